The number of hydrogen-bond donors (Lipinski definition) is 1. The molecule has 1 amide bonds. The van der Waals surface area contributed by atoms with Gasteiger partial charge < -0.3 is 10.1 Å². The monoisotopic (exact) mass is 431 g/mol. The molecule has 1 saturated heterocycles. The molecule has 0 unspecified atom stereocenters. The number of pyridine rings is 1. The van der Waals surface area contributed by atoms with Crippen LogP contribution in [0, 0.1) is 13.8 Å². The lowest BCUT2D eigenvalue weighted by Gasteiger charge is -2.35. The third-order valence-corrected chi connectivity index (χ3v) is 5.61. The molecule has 1 aliphatic rings. The van der Waals surface area contributed by atoms with Gasteiger partial charge in [0.2, 0.25) is 11.8 Å². The Morgan fingerprint density at radius 3 is 2.56 bits per heavy atom. The Labute approximate surface area is 169 Å². The first-order valence-electron chi connectivity index (χ1n) is 9.33. The number of aryl methyl sites for hydroxylation is 2. The lowest BCUT2D eigenvalue weighted by Crippen LogP contribution is -2.47. The van der Waals surface area contributed by atoms with Gasteiger partial charge in [0.15, 0.2) is 0 Å². The lowest BCUT2D eigenvalue weighted by molar-refractivity contribution is -0.121. The van der Waals surface area contributed by atoms with E-state index in [-0.39, 0.29) is 18.1 Å². The first-order chi connectivity index (χ1) is 12.9. The van der Waals surface area contributed by atoms with Crippen LogP contribution in [-0.4, -0.2) is 41.0 Å². The number of benzene rings is 1. The molecule has 5 nitrogen and oxygen atoms in total. The summed E-state index contributed by atoms with van der Waals surface area (Å²) in [5, 5.41) is 3.02. The van der Waals surface area contributed by atoms with Gasteiger partial charge in [-0.15, -0.1) is 0 Å². The number of rotatable bonds is 5. The van der Waals surface area contributed by atoms with Crippen LogP contribution in [0.3, 0.4) is 0 Å². The van der Waals surface area contributed by atoms with Gasteiger partial charge >= 0.3 is 0 Å². The Bertz CT molecular complexity index is 787. The molecule has 1 aliphatic heterocycles. The van der Waals surface area contributed by atoms with Crippen molar-refractivity contribution in [1.29, 1.82) is 0 Å². The summed E-state index contributed by atoms with van der Waals surface area (Å²) in [4.78, 5) is 19.2. The molecule has 0 radical (unpaired) electrons. The normalized spacial score (nSPS) is 16.7. The van der Waals surface area contributed by atoms with E-state index in [4.69, 9.17) is 4.74 Å². The summed E-state index contributed by atoms with van der Waals surface area (Å²) in [6, 6.07) is 9.66. The number of hydrogen-bond acceptors (Lipinski definition) is 4. The number of halogens is 1. The molecular formula is C21H26BrN3O2. The Hall–Kier alpha value is -1.92. The van der Waals surface area contributed by atoms with E-state index < -0.39 is 0 Å². The van der Waals surface area contributed by atoms with Crippen molar-refractivity contribution in [2.75, 3.05) is 18.4 Å². The Morgan fingerprint density at radius 2 is 1.93 bits per heavy atom. The molecule has 6 heteroatoms. The molecular weight excluding hydrogens is 406 g/mol. The fourth-order valence-electron chi connectivity index (χ4n) is 3.20. The molecule has 0 saturated carbocycles. The van der Waals surface area contributed by atoms with Crippen LogP contribution >= 0.6 is 15.9 Å². The van der Waals surface area contributed by atoms with Crippen LogP contribution in [0.25, 0.3) is 0 Å². The SMILES string of the molecule is Cc1ccc(OC2CCN([C@@H](C)C(=O)Nc3ccc(C)cc3Br)CC2)nc1. The van der Waals surface area contributed by atoms with Gasteiger partial charge in [0.1, 0.15) is 6.10 Å². The maximum Gasteiger partial charge on any atom is 0.241 e. The molecule has 27 heavy (non-hydrogen) atoms. The minimum Gasteiger partial charge on any atom is -0.474 e. The Morgan fingerprint density at radius 1 is 1.22 bits per heavy atom. The van der Waals surface area contributed by atoms with Gasteiger partial charge in [-0.25, -0.2) is 4.98 Å². The minimum absolute atomic E-state index is 0.0131. The summed E-state index contributed by atoms with van der Waals surface area (Å²) in [6.07, 6.45) is 3.75. The minimum atomic E-state index is -0.184. The molecule has 3 rings (SSSR count). The van der Waals surface area contributed by atoms with Crippen LogP contribution in [0.5, 0.6) is 5.88 Å². The van der Waals surface area contributed by atoms with E-state index >= 15 is 0 Å². The second-order valence-corrected chi connectivity index (χ2v) is 8.03. The van der Waals surface area contributed by atoms with Crippen molar-refractivity contribution in [3.63, 3.8) is 0 Å². The van der Waals surface area contributed by atoms with Gasteiger partial charge in [-0.1, -0.05) is 12.1 Å². The van der Waals surface area contributed by atoms with Crippen LogP contribution in [0.15, 0.2) is 41.0 Å². The third kappa shape index (κ3) is 5.30. The van der Waals surface area contributed by atoms with Gasteiger partial charge in [-0.2, -0.15) is 0 Å². The highest BCUT2D eigenvalue weighted by Gasteiger charge is 2.27. The maximum absolute atomic E-state index is 12.6. The number of carbonyl (C=O) groups excluding carboxylic acids is 1. The van der Waals surface area contributed by atoms with Crippen molar-refractivity contribution in [2.45, 2.75) is 45.8 Å². The molecule has 144 valence electrons. The van der Waals surface area contributed by atoms with Crippen LogP contribution in [0.2, 0.25) is 0 Å². The number of amides is 1. The van der Waals surface area contributed by atoms with Gasteiger partial charge in [-0.3, -0.25) is 9.69 Å². The number of carbonyl (C=O) groups is 1. The fraction of sp³-hybridized carbons (Fsp3) is 0.429. The number of ether oxygens (including phenoxy) is 1. The molecule has 1 fully saturated rings. The van der Waals surface area contributed by atoms with Crippen LogP contribution in [0.4, 0.5) is 5.69 Å². The van der Waals surface area contributed by atoms with Crippen molar-refractivity contribution in [3.05, 3.63) is 52.1 Å². The largest absolute Gasteiger partial charge is 0.474 e. The summed E-state index contributed by atoms with van der Waals surface area (Å²) < 4.78 is 6.88. The van der Waals surface area contributed by atoms with Gasteiger partial charge in [0.25, 0.3) is 0 Å². The number of likely N-dealkylation sites (tertiary alicyclic amines) is 1. The van der Waals surface area contributed by atoms with Crippen molar-refractivity contribution >= 4 is 27.5 Å². The van der Waals surface area contributed by atoms with E-state index in [0.717, 1.165) is 47.2 Å². The fourth-order valence-corrected chi connectivity index (χ4v) is 3.79. The zero-order valence-electron chi connectivity index (χ0n) is 16.0. The highest BCUT2D eigenvalue weighted by atomic mass is 79.9. The molecule has 1 aromatic carbocycles. The van der Waals surface area contributed by atoms with E-state index in [9.17, 15) is 4.79 Å². The third-order valence-electron chi connectivity index (χ3n) is 4.96. The standard InChI is InChI=1S/C21H26BrN3O2/c1-14-4-6-19(18(22)12-14)24-21(26)16(3)25-10-8-17(9-11-25)27-20-7-5-15(2)13-23-20/h4-7,12-13,16-17H,8-11H2,1-3H3,(H,24,26)/t16-/m0/s1. The van der Waals surface area contributed by atoms with E-state index in [0.29, 0.717) is 5.88 Å². The zero-order valence-corrected chi connectivity index (χ0v) is 17.6. The van der Waals surface area contributed by atoms with Crippen molar-refractivity contribution in [2.24, 2.45) is 0 Å². The van der Waals surface area contributed by atoms with E-state index in [1.807, 2.05) is 57.3 Å². The van der Waals surface area contributed by atoms with Crippen molar-refractivity contribution in [1.82, 2.24) is 9.88 Å². The number of nitrogens with zero attached hydrogens (tertiary/aromatic N) is 2. The quantitative estimate of drug-likeness (QED) is 0.764. The first kappa shape index (κ1) is 19.8. The Balaban J connectivity index is 1.50. The second-order valence-electron chi connectivity index (χ2n) is 7.18. The average molecular weight is 432 g/mol. The number of anilines is 1. The topological polar surface area (TPSA) is 54.5 Å². The molecule has 0 spiro atoms. The predicted octanol–water partition coefficient (Wildman–Crippen LogP) is 4.33. The summed E-state index contributed by atoms with van der Waals surface area (Å²) in [5.41, 5.74) is 3.08. The number of piperidine rings is 1. The summed E-state index contributed by atoms with van der Waals surface area (Å²) in [7, 11) is 0. The molecule has 1 atom stereocenters. The first-order valence-corrected chi connectivity index (χ1v) is 10.1. The molecule has 1 N–H and O–H groups in total. The average Bonchev–Trinajstić information content (AvgIpc) is 2.66. The van der Waals surface area contributed by atoms with Crippen molar-refractivity contribution < 1.29 is 9.53 Å². The highest BCUT2D eigenvalue weighted by Crippen LogP contribution is 2.24. The molecule has 2 aromatic rings. The predicted molar refractivity (Wildman–Crippen MR) is 111 cm³/mol. The molecule has 0 aliphatic carbocycles. The van der Waals surface area contributed by atoms with Crippen molar-refractivity contribution in [3.8, 4) is 5.88 Å². The summed E-state index contributed by atoms with van der Waals surface area (Å²) >= 11 is 3.51. The molecule has 2 heterocycles. The smallest absolute Gasteiger partial charge is 0.241 e. The number of nitrogens with one attached hydrogen (secondary N) is 1. The van der Waals surface area contributed by atoms with Gasteiger partial charge in [0, 0.05) is 29.8 Å². The molecule has 1 aromatic heterocycles. The highest BCUT2D eigenvalue weighted by molar-refractivity contribution is 9.10. The lowest BCUT2D eigenvalue weighted by atomic mass is 10.1. The van der Waals surface area contributed by atoms with Gasteiger partial charge in [0.05, 0.1) is 11.7 Å². The zero-order chi connectivity index (χ0) is 19.4. The van der Waals surface area contributed by atoms with Gasteiger partial charge in [-0.05, 0) is 72.8 Å². The molecule has 0 bridgehead atoms. The summed E-state index contributed by atoms with van der Waals surface area (Å²) in [5.74, 6) is 0.688. The van der Waals surface area contributed by atoms with Crippen LogP contribution < -0.4 is 10.1 Å². The van der Waals surface area contributed by atoms with Crippen LogP contribution in [0.1, 0.15) is 30.9 Å². The van der Waals surface area contributed by atoms with E-state index in [2.05, 4.69) is 31.1 Å². The van der Waals surface area contributed by atoms with E-state index in [1.165, 1.54) is 0 Å². The number of aromatic nitrogens is 1. The summed E-state index contributed by atoms with van der Waals surface area (Å²) in [6.45, 7) is 7.66. The second kappa shape index (κ2) is 8.85. The van der Waals surface area contributed by atoms with E-state index in [1.54, 1.807) is 0 Å². The van der Waals surface area contributed by atoms with Crippen LogP contribution in [-0.2, 0) is 4.79 Å². The maximum atomic E-state index is 12.6. The Kier molecular flexibility index (Phi) is 6.50.